The number of hydrogen-bond donors (Lipinski definition) is 2. The van der Waals surface area contributed by atoms with Crippen LogP contribution in [0.2, 0.25) is 0 Å². The number of carbonyl (C=O) groups excluding carboxylic acids is 1. The van der Waals surface area contributed by atoms with E-state index in [1.807, 2.05) is 26.1 Å². The van der Waals surface area contributed by atoms with Gasteiger partial charge in [-0.15, -0.1) is 0 Å². The highest BCUT2D eigenvalue weighted by atomic mass is 16.1. The van der Waals surface area contributed by atoms with E-state index in [9.17, 15) is 4.79 Å². The van der Waals surface area contributed by atoms with Crippen LogP contribution in [-0.4, -0.2) is 22.2 Å². The van der Waals surface area contributed by atoms with Gasteiger partial charge in [-0.1, -0.05) is 0 Å². The predicted octanol–water partition coefficient (Wildman–Crippen LogP) is 1.51. The average Bonchev–Trinajstić information content (AvgIpc) is 2.76. The van der Waals surface area contributed by atoms with Crippen LogP contribution < -0.4 is 11.1 Å². The second-order valence-electron chi connectivity index (χ2n) is 4.04. The Hall–Kier alpha value is -2.30. The molecule has 0 radical (unpaired) electrons. The fourth-order valence-corrected chi connectivity index (χ4v) is 1.74. The first-order chi connectivity index (χ1) is 8.61. The maximum absolute atomic E-state index is 12.0. The molecule has 0 saturated carbocycles. The van der Waals surface area contributed by atoms with Gasteiger partial charge < -0.3 is 11.1 Å². The van der Waals surface area contributed by atoms with E-state index in [0.717, 1.165) is 5.69 Å². The van der Waals surface area contributed by atoms with Crippen molar-refractivity contribution in [3.8, 4) is 5.69 Å². The number of amides is 1. The highest BCUT2D eigenvalue weighted by molar-refractivity contribution is 5.98. The first kappa shape index (κ1) is 12.2. The summed E-state index contributed by atoms with van der Waals surface area (Å²) in [7, 11) is 0. The molecule has 94 valence electrons. The fourth-order valence-electron chi connectivity index (χ4n) is 1.74. The summed E-state index contributed by atoms with van der Waals surface area (Å²) in [5.41, 5.74) is 8.52. The SMILES string of the molecule is CCNC(=O)c1ccc(N)cc1-n1ccc(C)n1. The topological polar surface area (TPSA) is 72.9 Å². The molecular weight excluding hydrogens is 228 g/mol. The molecule has 0 unspecified atom stereocenters. The van der Waals surface area contributed by atoms with Crippen molar-refractivity contribution in [3.05, 3.63) is 41.7 Å². The first-order valence-corrected chi connectivity index (χ1v) is 5.82. The number of carbonyl (C=O) groups is 1. The summed E-state index contributed by atoms with van der Waals surface area (Å²) < 4.78 is 1.66. The van der Waals surface area contributed by atoms with Crippen LogP contribution in [0.1, 0.15) is 23.0 Å². The third-order valence-electron chi connectivity index (χ3n) is 2.57. The molecule has 5 heteroatoms. The zero-order chi connectivity index (χ0) is 13.1. The van der Waals surface area contributed by atoms with Crippen LogP contribution in [0.5, 0.6) is 0 Å². The van der Waals surface area contributed by atoms with E-state index in [4.69, 9.17) is 5.73 Å². The van der Waals surface area contributed by atoms with Gasteiger partial charge in [0.05, 0.1) is 16.9 Å². The molecule has 2 aromatic rings. The standard InChI is InChI=1S/C13H16N4O/c1-3-15-13(18)11-5-4-10(14)8-12(11)17-7-6-9(2)16-17/h4-8H,3,14H2,1-2H3,(H,15,18). The molecule has 1 heterocycles. The Kier molecular flexibility index (Phi) is 3.32. The number of aromatic nitrogens is 2. The molecule has 0 bridgehead atoms. The van der Waals surface area contributed by atoms with Crippen LogP contribution in [0.15, 0.2) is 30.5 Å². The number of nitrogen functional groups attached to an aromatic ring is 1. The van der Waals surface area contributed by atoms with E-state index in [0.29, 0.717) is 23.5 Å². The van der Waals surface area contributed by atoms with Gasteiger partial charge >= 0.3 is 0 Å². The van der Waals surface area contributed by atoms with E-state index in [2.05, 4.69) is 10.4 Å². The molecule has 0 fully saturated rings. The number of aryl methyl sites for hydroxylation is 1. The summed E-state index contributed by atoms with van der Waals surface area (Å²) in [5.74, 6) is -0.124. The quantitative estimate of drug-likeness (QED) is 0.804. The van der Waals surface area contributed by atoms with Crippen molar-refractivity contribution >= 4 is 11.6 Å². The number of nitrogens with one attached hydrogen (secondary N) is 1. The molecule has 0 aliphatic heterocycles. The second-order valence-corrected chi connectivity index (χ2v) is 4.04. The van der Waals surface area contributed by atoms with Gasteiger partial charge in [-0.25, -0.2) is 4.68 Å². The monoisotopic (exact) mass is 244 g/mol. The number of rotatable bonds is 3. The Morgan fingerprint density at radius 3 is 2.83 bits per heavy atom. The molecule has 0 aliphatic carbocycles. The van der Waals surface area contributed by atoms with Gasteiger partial charge in [0.15, 0.2) is 0 Å². The summed E-state index contributed by atoms with van der Waals surface area (Å²) in [6.07, 6.45) is 1.81. The van der Waals surface area contributed by atoms with E-state index in [1.165, 1.54) is 0 Å². The van der Waals surface area contributed by atoms with Crippen molar-refractivity contribution in [2.45, 2.75) is 13.8 Å². The number of benzene rings is 1. The lowest BCUT2D eigenvalue weighted by atomic mass is 10.1. The molecule has 3 N–H and O–H groups in total. The number of nitrogens with zero attached hydrogens (tertiary/aromatic N) is 2. The van der Waals surface area contributed by atoms with Crippen molar-refractivity contribution in [2.24, 2.45) is 0 Å². The molecule has 18 heavy (non-hydrogen) atoms. The van der Waals surface area contributed by atoms with Crippen molar-refractivity contribution < 1.29 is 4.79 Å². The highest BCUT2D eigenvalue weighted by Gasteiger charge is 2.13. The first-order valence-electron chi connectivity index (χ1n) is 5.82. The van der Waals surface area contributed by atoms with Gasteiger partial charge in [-0.2, -0.15) is 5.10 Å². The lowest BCUT2D eigenvalue weighted by molar-refractivity contribution is 0.0955. The van der Waals surface area contributed by atoms with Crippen molar-refractivity contribution in [1.82, 2.24) is 15.1 Å². The molecule has 2 rings (SSSR count). The molecule has 0 saturated heterocycles. The molecule has 0 atom stereocenters. The third-order valence-corrected chi connectivity index (χ3v) is 2.57. The van der Waals surface area contributed by atoms with Gasteiger partial charge in [0, 0.05) is 18.4 Å². The summed E-state index contributed by atoms with van der Waals surface area (Å²) in [4.78, 5) is 12.0. The van der Waals surface area contributed by atoms with Crippen molar-refractivity contribution in [3.63, 3.8) is 0 Å². The molecule has 1 aromatic carbocycles. The Morgan fingerprint density at radius 1 is 1.44 bits per heavy atom. The van der Waals surface area contributed by atoms with E-state index in [1.54, 1.807) is 22.9 Å². The van der Waals surface area contributed by atoms with Crippen LogP contribution in [-0.2, 0) is 0 Å². The van der Waals surface area contributed by atoms with Crippen molar-refractivity contribution in [1.29, 1.82) is 0 Å². The van der Waals surface area contributed by atoms with Gasteiger partial charge in [0.1, 0.15) is 0 Å². The molecule has 1 aromatic heterocycles. The minimum absolute atomic E-state index is 0.124. The van der Waals surface area contributed by atoms with Crippen LogP contribution in [0, 0.1) is 6.92 Å². The zero-order valence-electron chi connectivity index (χ0n) is 10.5. The minimum atomic E-state index is -0.124. The Morgan fingerprint density at radius 2 is 2.22 bits per heavy atom. The Labute approximate surface area is 106 Å². The molecule has 5 nitrogen and oxygen atoms in total. The second kappa shape index (κ2) is 4.91. The lowest BCUT2D eigenvalue weighted by Gasteiger charge is -2.10. The Bertz CT molecular complexity index is 574. The van der Waals surface area contributed by atoms with Crippen LogP contribution in [0.4, 0.5) is 5.69 Å². The number of nitrogens with two attached hydrogens (primary N) is 1. The zero-order valence-corrected chi connectivity index (χ0v) is 10.5. The van der Waals surface area contributed by atoms with E-state index in [-0.39, 0.29) is 5.91 Å². The van der Waals surface area contributed by atoms with Crippen LogP contribution in [0.3, 0.4) is 0 Å². The summed E-state index contributed by atoms with van der Waals surface area (Å²) in [6.45, 7) is 4.36. The molecule has 0 spiro atoms. The maximum atomic E-state index is 12.0. The van der Waals surface area contributed by atoms with Gasteiger partial charge in [-0.05, 0) is 38.1 Å². The molecule has 0 aliphatic rings. The molecular formula is C13H16N4O. The largest absolute Gasteiger partial charge is 0.399 e. The average molecular weight is 244 g/mol. The smallest absolute Gasteiger partial charge is 0.253 e. The van der Waals surface area contributed by atoms with Crippen molar-refractivity contribution in [2.75, 3.05) is 12.3 Å². The van der Waals surface area contributed by atoms with Gasteiger partial charge in [0.25, 0.3) is 5.91 Å². The Balaban J connectivity index is 2.50. The summed E-state index contributed by atoms with van der Waals surface area (Å²) in [5, 5.41) is 7.08. The van der Waals surface area contributed by atoms with Crippen LogP contribution in [0.25, 0.3) is 5.69 Å². The highest BCUT2D eigenvalue weighted by Crippen LogP contribution is 2.18. The predicted molar refractivity (Wildman–Crippen MR) is 70.7 cm³/mol. The van der Waals surface area contributed by atoms with E-state index < -0.39 is 0 Å². The fraction of sp³-hybridized carbons (Fsp3) is 0.231. The van der Waals surface area contributed by atoms with Gasteiger partial charge in [0.2, 0.25) is 0 Å². The summed E-state index contributed by atoms with van der Waals surface area (Å²) in [6, 6.07) is 7.05. The maximum Gasteiger partial charge on any atom is 0.253 e. The normalized spacial score (nSPS) is 10.3. The molecule has 1 amide bonds. The minimum Gasteiger partial charge on any atom is -0.399 e. The van der Waals surface area contributed by atoms with Crippen LogP contribution >= 0.6 is 0 Å². The third kappa shape index (κ3) is 2.34. The van der Waals surface area contributed by atoms with E-state index >= 15 is 0 Å². The number of hydrogen-bond acceptors (Lipinski definition) is 3. The summed E-state index contributed by atoms with van der Waals surface area (Å²) >= 11 is 0. The van der Waals surface area contributed by atoms with Gasteiger partial charge in [-0.3, -0.25) is 4.79 Å². The number of anilines is 1. The lowest BCUT2D eigenvalue weighted by Crippen LogP contribution is -2.24.